The predicted octanol–water partition coefficient (Wildman–Crippen LogP) is 0.191. The van der Waals surface area contributed by atoms with Gasteiger partial charge in [-0.3, -0.25) is 4.79 Å². The van der Waals surface area contributed by atoms with Gasteiger partial charge in [-0.05, 0) is 31.2 Å². The second kappa shape index (κ2) is 9.19. The Morgan fingerprint density at radius 1 is 1.14 bits per heavy atom. The summed E-state index contributed by atoms with van der Waals surface area (Å²) >= 11 is 0. The summed E-state index contributed by atoms with van der Waals surface area (Å²) < 4.78 is 4.56. The molecule has 0 aliphatic carbocycles. The third-order valence-corrected chi connectivity index (χ3v) is 2.36. The summed E-state index contributed by atoms with van der Waals surface area (Å²) in [6.45, 7) is 1.85. The Morgan fingerprint density at radius 2 is 1.82 bits per heavy atom. The Kier molecular flexibility index (Phi) is 7.20. The molecule has 9 heteroatoms. The van der Waals surface area contributed by atoms with E-state index in [1.807, 2.05) is 5.43 Å². The fourth-order valence-electron chi connectivity index (χ4n) is 1.41. The molecule has 0 saturated carbocycles. The van der Waals surface area contributed by atoms with E-state index in [1.165, 1.54) is 24.3 Å². The number of nitrogens with one attached hydrogen (secondary N) is 4. The lowest BCUT2D eigenvalue weighted by atomic mass is 10.2. The smallest absolute Gasteiger partial charge is 0.426 e. The van der Waals surface area contributed by atoms with Crippen molar-refractivity contribution >= 4 is 23.7 Å². The lowest BCUT2D eigenvalue weighted by Gasteiger charge is -2.09. The Morgan fingerprint density at radius 3 is 2.41 bits per heavy atom. The van der Waals surface area contributed by atoms with Crippen LogP contribution in [0.25, 0.3) is 0 Å². The maximum absolute atomic E-state index is 11.6. The number of carbonyl (C=O) groups is 3. The second-order valence-corrected chi connectivity index (χ2v) is 3.98. The molecule has 0 radical (unpaired) electrons. The largest absolute Gasteiger partial charge is 0.449 e. The number of ether oxygens (including phenoxy) is 1. The van der Waals surface area contributed by atoms with Crippen LogP contribution < -0.4 is 21.5 Å². The van der Waals surface area contributed by atoms with Gasteiger partial charge in [0.1, 0.15) is 0 Å². The highest BCUT2D eigenvalue weighted by Crippen LogP contribution is 2.09. The van der Waals surface area contributed by atoms with Crippen LogP contribution in [0, 0.1) is 0 Å². The van der Waals surface area contributed by atoms with Crippen molar-refractivity contribution in [3.8, 4) is 0 Å². The van der Waals surface area contributed by atoms with Crippen molar-refractivity contribution in [2.75, 3.05) is 25.1 Å². The molecule has 120 valence electrons. The van der Waals surface area contributed by atoms with Gasteiger partial charge in [0.25, 0.3) is 5.91 Å². The summed E-state index contributed by atoms with van der Waals surface area (Å²) in [5.74, 6) is -0.325. The Hall–Kier alpha value is -2.81. The van der Waals surface area contributed by atoms with Crippen molar-refractivity contribution in [3.63, 3.8) is 0 Å². The van der Waals surface area contributed by atoms with Crippen molar-refractivity contribution in [3.05, 3.63) is 29.8 Å². The number of anilines is 1. The minimum absolute atomic E-state index is 0.140. The molecule has 9 nitrogen and oxygen atoms in total. The van der Waals surface area contributed by atoms with Gasteiger partial charge in [0.05, 0.1) is 13.2 Å². The Bertz CT molecular complexity index is 518. The van der Waals surface area contributed by atoms with Crippen LogP contribution in [0.2, 0.25) is 0 Å². The first-order chi connectivity index (χ1) is 10.6. The highest BCUT2D eigenvalue weighted by molar-refractivity contribution is 5.95. The topological polar surface area (TPSA) is 129 Å². The molecule has 0 fully saturated rings. The van der Waals surface area contributed by atoms with Gasteiger partial charge in [-0.2, -0.15) is 0 Å². The lowest BCUT2D eigenvalue weighted by molar-refractivity contribution is 0.0944. The maximum Gasteiger partial charge on any atom is 0.426 e. The number of hydrogen-bond donors (Lipinski definition) is 5. The molecule has 22 heavy (non-hydrogen) atoms. The predicted molar refractivity (Wildman–Crippen MR) is 78.2 cm³/mol. The van der Waals surface area contributed by atoms with Gasteiger partial charge in [0, 0.05) is 17.8 Å². The number of amides is 4. The van der Waals surface area contributed by atoms with Crippen LogP contribution in [0.4, 0.5) is 15.3 Å². The molecule has 1 aromatic carbocycles. The molecular weight excluding hydrogens is 292 g/mol. The molecule has 5 N–H and O–H groups in total. The summed E-state index contributed by atoms with van der Waals surface area (Å²) in [5.41, 5.74) is 4.97. The van der Waals surface area contributed by atoms with Crippen molar-refractivity contribution in [2.24, 2.45) is 0 Å². The van der Waals surface area contributed by atoms with E-state index >= 15 is 0 Å². The molecule has 0 bridgehead atoms. The molecule has 0 aliphatic heterocycles. The Labute approximate surface area is 127 Å². The number of urea groups is 1. The fraction of sp³-hybridized carbons (Fsp3) is 0.308. The van der Waals surface area contributed by atoms with Crippen LogP contribution in [0.3, 0.4) is 0 Å². The van der Waals surface area contributed by atoms with Crippen LogP contribution >= 0.6 is 0 Å². The van der Waals surface area contributed by atoms with E-state index in [9.17, 15) is 14.4 Å². The van der Waals surface area contributed by atoms with Gasteiger partial charge in [0.2, 0.25) is 0 Å². The number of hydrazine groups is 1. The third-order valence-electron chi connectivity index (χ3n) is 2.36. The van der Waals surface area contributed by atoms with Crippen LogP contribution in [-0.4, -0.2) is 42.9 Å². The lowest BCUT2D eigenvalue weighted by Crippen LogP contribution is -2.44. The zero-order valence-electron chi connectivity index (χ0n) is 12.0. The molecule has 1 rings (SSSR count). The molecule has 4 amide bonds. The minimum Gasteiger partial charge on any atom is -0.449 e. The van der Waals surface area contributed by atoms with Crippen molar-refractivity contribution < 1.29 is 24.2 Å². The first-order valence-electron chi connectivity index (χ1n) is 6.55. The average molecular weight is 310 g/mol. The number of hydrogen-bond acceptors (Lipinski definition) is 5. The van der Waals surface area contributed by atoms with Crippen molar-refractivity contribution in [2.45, 2.75) is 6.92 Å². The number of benzene rings is 1. The molecule has 1 aromatic rings. The van der Waals surface area contributed by atoms with Gasteiger partial charge in [-0.1, -0.05) is 0 Å². The standard InChI is InChI=1S/C13H18N4O5/c1-2-22-13(21)17-16-12(20)15-10-5-3-9(4-6-10)11(19)14-7-8-18/h3-6,18H,2,7-8H2,1H3,(H,14,19)(H,17,21)(H2,15,16,20). The second-order valence-electron chi connectivity index (χ2n) is 3.98. The SMILES string of the molecule is CCOC(=O)NNC(=O)Nc1ccc(C(=O)NCCO)cc1. The molecule has 0 unspecified atom stereocenters. The molecule has 0 aromatic heterocycles. The van der Waals surface area contributed by atoms with E-state index < -0.39 is 12.1 Å². The van der Waals surface area contributed by atoms with Gasteiger partial charge in [-0.25, -0.2) is 20.4 Å². The van der Waals surface area contributed by atoms with Gasteiger partial charge in [-0.15, -0.1) is 0 Å². The molecule has 0 spiro atoms. The normalized spacial score (nSPS) is 9.55. The van der Waals surface area contributed by atoms with Gasteiger partial charge < -0.3 is 20.5 Å². The first kappa shape index (κ1) is 17.2. The molecule has 0 saturated heterocycles. The van der Waals surface area contributed by atoms with E-state index in [1.54, 1.807) is 6.92 Å². The Balaban J connectivity index is 2.45. The molecule has 0 heterocycles. The summed E-state index contributed by atoms with van der Waals surface area (Å²) in [7, 11) is 0. The maximum atomic E-state index is 11.6. The highest BCUT2D eigenvalue weighted by atomic mass is 16.6. The van der Waals surface area contributed by atoms with Crippen LogP contribution in [-0.2, 0) is 4.74 Å². The monoisotopic (exact) mass is 310 g/mol. The van der Waals surface area contributed by atoms with Crippen LogP contribution in [0.1, 0.15) is 17.3 Å². The van der Waals surface area contributed by atoms with E-state index in [2.05, 4.69) is 20.8 Å². The summed E-state index contributed by atoms with van der Waals surface area (Å²) in [6, 6.07) is 5.42. The van der Waals surface area contributed by atoms with E-state index in [0.717, 1.165) is 0 Å². The van der Waals surface area contributed by atoms with Gasteiger partial charge >= 0.3 is 12.1 Å². The minimum atomic E-state index is -0.770. The van der Waals surface area contributed by atoms with Gasteiger partial charge in [0.15, 0.2) is 0 Å². The zero-order valence-corrected chi connectivity index (χ0v) is 12.0. The summed E-state index contributed by atoms with van der Waals surface area (Å²) in [4.78, 5) is 34.0. The van der Waals surface area contributed by atoms with E-state index in [4.69, 9.17) is 5.11 Å². The molecule has 0 aliphatic rings. The van der Waals surface area contributed by atoms with Crippen LogP contribution in [0.5, 0.6) is 0 Å². The number of rotatable bonds is 5. The fourth-order valence-corrected chi connectivity index (χ4v) is 1.41. The van der Waals surface area contributed by atoms with Crippen molar-refractivity contribution in [1.82, 2.24) is 16.2 Å². The highest BCUT2D eigenvalue weighted by Gasteiger charge is 2.07. The zero-order chi connectivity index (χ0) is 16.4. The van der Waals surface area contributed by atoms with Crippen molar-refractivity contribution in [1.29, 1.82) is 0 Å². The van der Waals surface area contributed by atoms with Crippen LogP contribution in [0.15, 0.2) is 24.3 Å². The molecular formula is C13H18N4O5. The number of aliphatic hydroxyl groups is 1. The summed E-state index contributed by atoms with van der Waals surface area (Å²) in [5, 5.41) is 13.6. The quantitative estimate of drug-likeness (QED) is 0.496. The average Bonchev–Trinajstić information content (AvgIpc) is 2.51. The summed E-state index contributed by atoms with van der Waals surface area (Å²) in [6.07, 6.45) is -0.770. The molecule has 0 atom stereocenters. The number of aliphatic hydroxyl groups excluding tert-OH is 1. The first-order valence-corrected chi connectivity index (χ1v) is 6.55. The van der Waals surface area contributed by atoms with E-state index in [0.29, 0.717) is 11.3 Å². The number of carbonyl (C=O) groups excluding carboxylic acids is 3. The van der Waals surface area contributed by atoms with E-state index in [-0.39, 0.29) is 25.7 Å². The third kappa shape index (κ3) is 6.09.